The van der Waals surface area contributed by atoms with Crippen LogP contribution in [-0.4, -0.2) is 16.2 Å². The van der Waals surface area contributed by atoms with Crippen LogP contribution in [0.4, 0.5) is 0 Å². The number of rotatable bonds is 6. The largest absolute Gasteiger partial charge is 0.490 e. The van der Waals surface area contributed by atoms with Crippen LogP contribution in [0.3, 0.4) is 0 Å². The van der Waals surface area contributed by atoms with Crippen LogP contribution in [0.1, 0.15) is 25.3 Å². The predicted molar refractivity (Wildman–Crippen MR) is 84.6 cm³/mol. The van der Waals surface area contributed by atoms with Crippen LogP contribution >= 0.6 is 12.4 Å². The SMILES string of the molecule is CC(C)c1ccc(OC/C=C/Cn2ccnc2)cc1.Cl. The monoisotopic (exact) mass is 292 g/mol. The van der Waals surface area contributed by atoms with Gasteiger partial charge in [0.25, 0.3) is 0 Å². The summed E-state index contributed by atoms with van der Waals surface area (Å²) in [6, 6.07) is 8.29. The Bertz CT molecular complexity index is 504. The van der Waals surface area contributed by atoms with Crippen molar-refractivity contribution < 1.29 is 4.74 Å². The average molecular weight is 293 g/mol. The molecule has 0 N–H and O–H groups in total. The lowest BCUT2D eigenvalue weighted by Gasteiger charge is -2.07. The van der Waals surface area contributed by atoms with Gasteiger partial charge in [-0.2, -0.15) is 0 Å². The van der Waals surface area contributed by atoms with Gasteiger partial charge >= 0.3 is 0 Å². The zero-order valence-corrected chi connectivity index (χ0v) is 12.7. The summed E-state index contributed by atoms with van der Waals surface area (Å²) in [5.41, 5.74) is 1.34. The van der Waals surface area contributed by atoms with Crippen LogP contribution in [-0.2, 0) is 6.54 Å². The Labute approximate surface area is 126 Å². The first-order valence-electron chi connectivity index (χ1n) is 6.59. The van der Waals surface area contributed by atoms with Crippen LogP contribution in [0.5, 0.6) is 5.75 Å². The number of nitrogens with zero attached hydrogens (tertiary/aromatic N) is 2. The first-order chi connectivity index (χ1) is 9.25. The second-order valence-electron chi connectivity index (χ2n) is 4.77. The second kappa shape index (κ2) is 8.43. The molecule has 0 saturated heterocycles. The van der Waals surface area contributed by atoms with Gasteiger partial charge in [-0.05, 0) is 29.7 Å². The molecule has 0 spiro atoms. The summed E-state index contributed by atoms with van der Waals surface area (Å²) < 4.78 is 7.66. The summed E-state index contributed by atoms with van der Waals surface area (Å²) in [4.78, 5) is 3.99. The van der Waals surface area contributed by atoms with E-state index < -0.39 is 0 Å². The van der Waals surface area contributed by atoms with E-state index in [1.807, 2.05) is 29.0 Å². The van der Waals surface area contributed by atoms with E-state index in [1.54, 1.807) is 12.5 Å². The fraction of sp³-hybridized carbons (Fsp3) is 0.312. The van der Waals surface area contributed by atoms with E-state index in [0.29, 0.717) is 12.5 Å². The molecule has 0 fully saturated rings. The van der Waals surface area contributed by atoms with E-state index in [4.69, 9.17) is 4.74 Å². The van der Waals surface area contributed by atoms with E-state index >= 15 is 0 Å². The lowest BCUT2D eigenvalue weighted by molar-refractivity contribution is 0.362. The molecule has 1 aromatic carbocycles. The van der Waals surface area contributed by atoms with Crippen LogP contribution in [0, 0.1) is 0 Å². The molecule has 2 rings (SSSR count). The van der Waals surface area contributed by atoms with Gasteiger partial charge in [0.1, 0.15) is 12.4 Å². The smallest absolute Gasteiger partial charge is 0.119 e. The van der Waals surface area contributed by atoms with Gasteiger partial charge in [0.15, 0.2) is 0 Å². The van der Waals surface area contributed by atoms with Gasteiger partial charge in [0.2, 0.25) is 0 Å². The zero-order valence-electron chi connectivity index (χ0n) is 11.9. The van der Waals surface area contributed by atoms with E-state index in [1.165, 1.54) is 5.56 Å². The molecule has 20 heavy (non-hydrogen) atoms. The molecule has 1 aromatic heterocycles. The summed E-state index contributed by atoms with van der Waals surface area (Å²) in [5, 5.41) is 0. The molecule has 4 heteroatoms. The molecule has 0 unspecified atom stereocenters. The lowest BCUT2D eigenvalue weighted by atomic mass is 10.0. The maximum absolute atomic E-state index is 5.65. The topological polar surface area (TPSA) is 27.1 Å². The van der Waals surface area contributed by atoms with Crippen molar-refractivity contribution in [2.24, 2.45) is 0 Å². The molecule has 0 atom stereocenters. The molecule has 108 valence electrons. The molecular formula is C16H21ClN2O. The van der Waals surface area contributed by atoms with Gasteiger partial charge in [0, 0.05) is 18.9 Å². The van der Waals surface area contributed by atoms with Gasteiger partial charge in [-0.3, -0.25) is 0 Å². The zero-order chi connectivity index (χ0) is 13.5. The summed E-state index contributed by atoms with van der Waals surface area (Å²) >= 11 is 0. The number of aromatic nitrogens is 2. The van der Waals surface area contributed by atoms with Gasteiger partial charge in [0.05, 0.1) is 6.33 Å². The number of halogens is 1. The molecular weight excluding hydrogens is 272 g/mol. The molecule has 0 aliphatic rings. The second-order valence-corrected chi connectivity index (χ2v) is 4.77. The molecule has 0 radical (unpaired) electrons. The predicted octanol–water partition coefficient (Wildman–Crippen LogP) is 4.06. The Morgan fingerprint density at radius 2 is 1.95 bits per heavy atom. The van der Waals surface area contributed by atoms with Crippen molar-refractivity contribution in [1.82, 2.24) is 9.55 Å². The summed E-state index contributed by atoms with van der Waals surface area (Å²) in [6.45, 7) is 5.80. The van der Waals surface area contributed by atoms with Crippen molar-refractivity contribution in [3.8, 4) is 5.75 Å². The number of hydrogen-bond acceptors (Lipinski definition) is 2. The highest BCUT2D eigenvalue weighted by atomic mass is 35.5. The van der Waals surface area contributed by atoms with Gasteiger partial charge in [-0.1, -0.05) is 32.1 Å². The third-order valence-electron chi connectivity index (χ3n) is 2.94. The van der Waals surface area contributed by atoms with Crippen LogP contribution in [0.25, 0.3) is 0 Å². The number of imidazole rings is 1. The van der Waals surface area contributed by atoms with Gasteiger partial charge in [-0.15, -0.1) is 12.4 Å². The number of hydrogen-bond donors (Lipinski definition) is 0. The quantitative estimate of drug-likeness (QED) is 0.751. The summed E-state index contributed by atoms with van der Waals surface area (Å²) in [7, 11) is 0. The highest BCUT2D eigenvalue weighted by Gasteiger charge is 1.98. The van der Waals surface area contributed by atoms with Crippen molar-refractivity contribution in [1.29, 1.82) is 0 Å². The Kier molecular flexibility index (Phi) is 6.88. The molecule has 0 aliphatic heterocycles. The average Bonchev–Trinajstić information content (AvgIpc) is 2.92. The number of allylic oxidation sites excluding steroid dienone is 1. The van der Waals surface area contributed by atoms with Crippen molar-refractivity contribution in [3.05, 3.63) is 60.7 Å². The minimum absolute atomic E-state index is 0. The molecule has 0 aliphatic carbocycles. The molecule has 3 nitrogen and oxygen atoms in total. The third-order valence-corrected chi connectivity index (χ3v) is 2.94. The maximum Gasteiger partial charge on any atom is 0.119 e. The summed E-state index contributed by atoms with van der Waals surface area (Å²) in [6.07, 6.45) is 9.62. The van der Waals surface area contributed by atoms with Crippen molar-refractivity contribution in [2.45, 2.75) is 26.3 Å². The van der Waals surface area contributed by atoms with E-state index in [-0.39, 0.29) is 12.4 Å². The summed E-state index contributed by atoms with van der Waals surface area (Å²) in [5.74, 6) is 1.47. The molecule has 1 heterocycles. The minimum atomic E-state index is 0. The highest BCUT2D eigenvalue weighted by Crippen LogP contribution is 2.18. The van der Waals surface area contributed by atoms with Crippen LogP contribution < -0.4 is 4.74 Å². The van der Waals surface area contributed by atoms with E-state index in [9.17, 15) is 0 Å². The standard InChI is InChI=1S/C16H20N2O.ClH/c1-14(2)15-5-7-16(8-6-15)19-12-4-3-10-18-11-9-17-13-18;/h3-9,11,13-14H,10,12H2,1-2H3;1H/b4-3+;. The lowest BCUT2D eigenvalue weighted by Crippen LogP contribution is -1.96. The fourth-order valence-electron chi connectivity index (χ4n) is 1.75. The first kappa shape index (κ1) is 16.3. The molecule has 0 bridgehead atoms. The first-order valence-corrected chi connectivity index (χ1v) is 6.59. The van der Waals surface area contributed by atoms with Crippen LogP contribution in [0.15, 0.2) is 55.1 Å². The third kappa shape index (κ3) is 5.10. The maximum atomic E-state index is 5.65. The van der Waals surface area contributed by atoms with Crippen LogP contribution in [0.2, 0.25) is 0 Å². The fourth-order valence-corrected chi connectivity index (χ4v) is 1.75. The minimum Gasteiger partial charge on any atom is -0.490 e. The van der Waals surface area contributed by atoms with Crippen molar-refractivity contribution in [2.75, 3.05) is 6.61 Å². The molecule has 0 amide bonds. The van der Waals surface area contributed by atoms with Gasteiger partial charge < -0.3 is 9.30 Å². The Morgan fingerprint density at radius 3 is 2.55 bits per heavy atom. The highest BCUT2D eigenvalue weighted by molar-refractivity contribution is 5.85. The number of ether oxygens (including phenoxy) is 1. The molecule has 2 aromatic rings. The van der Waals surface area contributed by atoms with Crippen molar-refractivity contribution in [3.63, 3.8) is 0 Å². The van der Waals surface area contributed by atoms with Gasteiger partial charge in [-0.25, -0.2) is 4.98 Å². The van der Waals surface area contributed by atoms with E-state index in [2.05, 4.69) is 37.0 Å². The Balaban J connectivity index is 0.00000200. The normalized spacial score (nSPS) is 10.8. The van der Waals surface area contributed by atoms with Crippen molar-refractivity contribution >= 4 is 12.4 Å². The molecule has 0 saturated carbocycles. The van der Waals surface area contributed by atoms with E-state index in [0.717, 1.165) is 12.3 Å². The Morgan fingerprint density at radius 1 is 1.20 bits per heavy atom. The number of benzene rings is 1. The Hall–Kier alpha value is -1.74.